The highest BCUT2D eigenvalue weighted by Gasteiger charge is 2.27. The lowest BCUT2D eigenvalue weighted by Crippen LogP contribution is -2.22. The molecule has 0 spiro atoms. The van der Waals surface area contributed by atoms with Gasteiger partial charge in [0.2, 0.25) is 0 Å². The molecule has 5 nitrogen and oxygen atoms in total. The van der Waals surface area contributed by atoms with E-state index in [9.17, 15) is 5.11 Å². The summed E-state index contributed by atoms with van der Waals surface area (Å²) in [5.74, 6) is 0.714. The van der Waals surface area contributed by atoms with Crippen molar-refractivity contribution in [1.29, 1.82) is 5.26 Å². The Bertz CT molecular complexity index is 428. The van der Waals surface area contributed by atoms with Gasteiger partial charge in [0.15, 0.2) is 0 Å². The summed E-state index contributed by atoms with van der Waals surface area (Å²) in [6.07, 6.45) is 3.26. The summed E-state index contributed by atoms with van der Waals surface area (Å²) in [6, 6.07) is 2.03. The van der Waals surface area contributed by atoms with Gasteiger partial charge in [0.05, 0.1) is 36.0 Å². The summed E-state index contributed by atoms with van der Waals surface area (Å²) in [6.45, 7) is 3.67. The molecule has 1 aromatic heterocycles. The first-order chi connectivity index (χ1) is 8.13. The summed E-state index contributed by atoms with van der Waals surface area (Å²) in [5.41, 5.74) is 1.80. The second-order valence-corrected chi connectivity index (χ2v) is 4.89. The molecule has 1 heterocycles. The Balaban J connectivity index is 2.27. The molecule has 1 N–H and O–H groups in total. The molecule has 1 aliphatic rings. The fourth-order valence-corrected chi connectivity index (χ4v) is 1.90. The van der Waals surface area contributed by atoms with Gasteiger partial charge in [0.25, 0.3) is 0 Å². The Kier molecular flexibility index (Phi) is 3.43. The molecule has 0 amide bonds. The fraction of sp³-hybridized carbons (Fsp3) is 0.750. The maximum absolute atomic E-state index is 9.63. The van der Waals surface area contributed by atoms with Gasteiger partial charge in [-0.1, -0.05) is 5.21 Å². The predicted octanol–water partition coefficient (Wildman–Crippen LogP) is 1.24. The number of hydrogen-bond acceptors (Lipinski definition) is 4. The second-order valence-electron chi connectivity index (χ2n) is 4.89. The van der Waals surface area contributed by atoms with Crippen molar-refractivity contribution in [3.63, 3.8) is 0 Å². The van der Waals surface area contributed by atoms with E-state index in [4.69, 9.17) is 5.26 Å². The van der Waals surface area contributed by atoms with Crippen molar-refractivity contribution in [1.82, 2.24) is 15.0 Å². The first kappa shape index (κ1) is 12.1. The molecule has 92 valence electrons. The minimum atomic E-state index is -0.468. The van der Waals surface area contributed by atoms with E-state index < -0.39 is 6.10 Å². The molecule has 0 bridgehead atoms. The maximum atomic E-state index is 9.63. The van der Waals surface area contributed by atoms with Gasteiger partial charge in [-0.25, -0.2) is 4.68 Å². The van der Waals surface area contributed by atoms with Crippen LogP contribution in [0.5, 0.6) is 0 Å². The Hall–Kier alpha value is -1.41. The molecule has 2 rings (SSSR count). The molecule has 2 atom stereocenters. The quantitative estimate of drug-likeness (QED) is 0.831. The van der Waals surface area contributed by atoms with E-state index in [-0.39, 0.29) is 6.04 Å². The molecule has 5 heteroatoms. The summed E-state index contributed by atoms with van der Waals surface area (Å²) in [4.78, 5) is 0. The fourth-order valence-electron chi connectivity index (χ4n) is 1.90. The van der Waals surface area contributed by atoms with E-state index in [0.29, 0.717) is 12.3 Å². The lowest BCUT2D eigenvalue weighted by molar-refractivity contribution is 0.129. The largest absolute Gasteiger partial charge is 0.391 e. The number of rotatable bonds is 5. The van der Waals surface area contributed by atoms with E-state index in [0.717, 1.165) is 17.8 Å². The Labute approximate surface area is 101 Å². The first-order valence-corrected chi connectivity index (χ1v) is 6.11. The van der Waals surface area contributed by atoms with Gasteiger partial charge in [0, 0.05) is 0 Å². The van der Waals surface area contributed by atoms with Crippen LogP contribution >= 0.6 is 0 Å². The third kappa shape index (κ3) is 2.64. The number of aliphatic hydroxyl groups is 1. The van der Waals surface area contributed by atoms with Crippen LogP contribution < -0.4 is 0 Å². The summed E-state index contributed by atoms with van der Waals surface area (Å²) < 4.78 is 1.79. The zero-order valence-corrected chi connectivity index (χ0v) is 10.3. The van der Waals surface area contributed by atoms with Crippen LogP contribution in [0, 0.1) is 17.2 Å². The highest BCUT2D eigenvalue weighted by atomic mass is 16.3. The standard InChI is InChI=1S/C12H18N4O/c1-8(9(2)17)16-12(7-10-3-4-10)11(5-6-13)14-15-16/h8-10,17H,3-5,7H2,1-2H3. The molecule has 0 aromatic carbocycles. The van der Waals surface area contributed by atoms with Gasteiger partial charge in [-0.2, -0.15) is 5.26 Å². The van der Waals surface area contributed by atoms with Crippen molar-refractivity contribution in [3.05, 3.63) is 11.4 Å². The van der Waals surface area contributed by atoms with E-state index in [1.54, 1.807) is 11.6 Å². The van der Waals surface area contributed by atoms with Gasteiger partial charge in [-0.15, -0.1) is 5.10 Å². The SMILES string of the molecule is CC(O)C(C)n1nnc(CC#N)c1CC1CC1. The Morgan fingerprint density at radius 3 is 2.76 bits per heavy atom. The average molecular weight is 234 g/mol. The van der Waals surface area contributed by atoms with Crippen molar-refractivity contribution in [2.24, 2.45) is 5.92 Å². The highest BCUT2D eigenvalue weighted by Crippen LogP contribution is 2.34. The van der Waals surface area contributed by atoms with Crippen LogP contribution in [-0.2, 0) is 12.8 Å². The normalized spacial score (nSPS) is 18.7. The van der Waals surface area contributed by atoms with E-state index >= 15 is 0 Å². The van der Waals surface area contributed by atoms with Crippen LogP contribution in [0.2, 0.25) is 0 Å². The monoisotopic (exact) mass is 234 g/mol. The first-order valence-electron chi connectivity index (χ1n) is 6.11. The molecule has 0 saturated heterocycles. The van der Waals surface area contributed by atoms with E-state index in [2.05, 4.69) is 16.4 Å². The zero-order valence-electron chi connectivity index (χ0n) is 10.3. The van der Waals surface area contributed by atoms with Crippen molar-refractivity contribution in [2.75, 3.05) is 0 Å². The van der Waals surface area contributed by atoms with Crippen LogP contribution in [0.3, 0.4) is 0 Å². The summed E-state index contributed by atoms with van der Waals surface area (Å²) >= 11 is 0. The lowest BCUT2D eigenvalue weighted by Gasteiger charge is -2.17. The van der Waals surface area contributed by atoms with Crippen molar-refractivity contribution < 1.29 is 5.11 Å². The second kappa shape index (κ2) is 4.84. The minimum absolute atomic E-state index is 0.0938. The molecule has 1 aliphatic carbocycles. The van der Waals surface area contributed by atoms with E-state index in [1.165, 1.54) is 12.8 Å². The molecular weight excluding hydrogens is 216 g/mol. The maximum Gasteiger partial charge on any atom is 0.0999 e. The number of nitrogens with zero attached hydrogens (tertiary/aromatic N) is 4. The van der Waals surface area contributed by atoms with Gasteiger partial charge in [-0.3, -0.25) is 0 Å². The highest BCUT2D eigenvalue weighted by molar-refractivity contribution is 5.16. The van der Waals surface area contributed by atoms with Crippen LogP contribution in [0.4, 0.5) is 0 Å². The zero-order chi connectivity index (χ0) is 12.4. The minimum Gasteiger partial charge on any atom is -0.391 e. The van der Waals surface area contributed by atoms with Crippen molar-refractivity contribution in [3.8, 4) is 6.07 Å². The number of aromatic nitrogens is 3. The molecule has 1 saturated carbocycles. The number of nitriles is 1. The van der Waals surface area contributed by atoms with Crippen LogP contribution in [-0.4, -0.2) is 26.2 Å². The molecule has 1 aromatic rings. The Morgan fingerprint density at radius 2 is 2.24 bits per heavy atom. The van der Waals surface area contributed by atoms with Gasteiger partial charge in [0.1, 0.15) is 0 Å². The third-order valence-corrected chi connectivity index (χ3v) is 3.38. The van der Waals surface area contributed by atoms with Gasteiger partial charge < -0.3 is 5.11 Å². The smallest absolute Gasteiger partial charge is 0.0999 e. The van der Waals surface area contributed by atoms with Crippen LogP contribution in [0.15, 0.2) is 0 Å². The third-order valence-electron chi connectivity index (χ3n) is 3.38. The molecule has 2 unspecified atom stereocenters. The lowest BCUT2D eigenvalue weighted by atomic mass is 10.1. The van der Waals surface area contributed by atoms with Gasteiger partial charge >= 0.3 is 0 Å². The van der Waals surface area contributed by atoms with Crippen LogP contribution in [0.25, 0.3) is 0 Å². The topological polar surface area (TPSA) is 74.7 Å². The van der Waals surface area contributed by atoms with Crippen molar-refractivity contribution in [2.45, 2.75) is 51.7 Å². The summed E-state index contributed by atoms with van der Waals surface area (Å²) in [7, 11) is 0. The molecule has 17 heavy (non-hydrogen) atoms. The Morgan fingerprint density at radius 1 is 1.53 bits per heavy atom. The van der Waals surface area contributed by atoms with Gasteiger partial charge in [-0.05, 0) is 39.0 Å². The molecule has 0 aliphatic heterocycles. The molecular formula is C12H18N4O. The summed E-state index contributed by atoms with van der Waals surface area (Å²) in [5, 5.41) is 26.6. The molecule has 0 radical (unpaired) electrons. The average Bonchev–Trinajstić information content (AvgIpc) is 3.02. The van der Waals surface area contributed by atoms with Crippen LogP contribution in [0.1, 0.15) is 44.1 Å². The number of aliphatic hydroxyl groups excluding tert-OH is 1. The van der Waals surface area contributed by atoms with Crippen molar-refractivity contribution >= 4 is 0 Å². The number of hydrogen-bond donors (Lipinski definition) is 1. The van der Waals surface area contributed by atoms with E-state index in [1.807, 2.05) is 6.92 Å². The molecule has 1 fully saturated rings. The predicted molar refractivity (Wildman–Crippen MR) is 62.2 cm³/mol.